The van der Waals surface area contributed by atoms with E-state index in [0.29, 0.717) is 28.4 Å². The first-order valence-electron chi connectivity index (χ1n) is 7.64. The molecule has 132 valence electrons. The maximum atomic E-state index is 12.2. The Morgan fingerprint density at radius 3 is 2.85 bits per heavy atom. The molecule has 8 heteroatoms. The fraction of sp³-hybridized carbons (Fsp3) is 0.111. The number of halogens is 1. The Hall–Kier alpha value is -3.00. The molecule has 0 radical (unpaired) electrons. The van der Waals surface area contributed by atoms with E-state index in [4.69, 9.17) is 18.6 Å². The number of benzene rings is 2. The molecule has 7 nitrogen and oxygen atoms in total. The molecule has 1 aliphatic heterocycles. The van der Waals surface area contributed by atoms with Crippen LogP contribution in [0.3, 0.4) is 0 Å². The van der Waals surface area contributed by atoms with Gasteiger partial charge in [-0.3, -0.25) is 4.79 Å². The van der Waals surface area contributed by atoms with Gasteiger partial charge in [0.2, 0.25) is 6.79 Å². The average Bonchev–Trinajstić information content (AvgIpc) is 3.26. The third kappa shape index (κ3) is 3.11. The zero-order valence-electron chi connectivity index (χ0n) is 13.6. The van der Waals surface area contributed by atoms with E-state index in [1.807, 2.05) is 12.1 Å². The lowest BCUT2D eigenvalue weighted by molar-refractivity contribution is 0.0929. The molecule has 2 heterocycles. The van der Waals surface area contributed by atoms with E-state index in [2.05, 4.69) is 26.5 Å². The van der Waals surface area contributed by atoms with E-state index in [9.17, 15) is 4.79 Å². The Kier molecular flexibility index (Phi) is 4.26. The zero-order chi connectivity index (χ0) is 18.1. The third-order valence-corrected chi connectivity index (χ3v) is 4.29. The van der Waals surface area contributed by atoms with Gasteiger partial charge in [0.25, 0.3) is 0 Å². The molecule has 4 rings (SSSR count). The van der Waals surface area contributed by atoms with Gasteiger partial charge in [-0.05, 0) is 30.3 Å². The molecule has 0 aliphatic carbocycles. The highest BCUT2D eigenvalue weighted by molar-refractivity contribution is 9.10. The highest BCUT2D eigenvalue weighted by atomic mass is 79.9. The summed E-state index contributed by atoms with van der Waals surface area (Å²) in [6.07, 6.45) is 1.47. The number of hydrogen-bond donors (Lipinski definition) is 1. The molecule has 0 saturated heterocycles. The second-order valence-electron chi connectivity index (χ2n) is 5.44. The lowest BCUT2D eigenvalue weighted by atomic mass is 10.2. The second-order valence-corrected chi connectivity index (χ2v) is 6.36. The highest BCUT2D eigenvalue weighted by Crippen LogP contribution is 2.37. The number of carbonyl (C=O) groups is 1. The summed E-state index contributed by atoms with van der Waals surface area (Å²) in [5, 5.41) is 4.79. The summed E-state index contributed by atoms with van der Waals surface area (Å²) < 4.78 is 22.4. The van der Waals surface area contributed by atoms with Crippen molar-refractivity contribution < 1.29 is 23.4 Å². The standard InChI is InChI=1S/C18H13BrN2O5/c1-23-14-7-16-15(24-9-25-16)6-11(14)8-20-21-18(22)17-5-10-4-12(19)2-3-13(10)26-17/h2-8H,9H2,1H3,(H,21,22)/b20-8-. The van der Waals surface area contributed by atoms with Crippen molar-refractivity contribution in [1.82, 2.24) is 5.43 Å². The topological polar surface area (TPSA) is 82.3 Å². The minimum absolute atomic E-state index is 0.165. The number of nitrogens with one attached hydrogen (secondary N) is 1. The highest BCUT2D eigenvalue weighted by Gasteiger charge is 2.17. The van der Waals surface area contributed by atoms with Crippen LogP contribution in [-0.4, -0.2) is 26.0 Å². The van der Waals surface area contributed by atoms with Gasteiger partial charge in [-0.15, -0.1) is 0 Å². The minimum atomic E-state index is -0.451. The number of rotatable bonds is 4. The van der Waals surface area contributed by atoms with Gasteiger partial charge in [0, 0.05) is 21.5 Å². The van der Waals surface area contributed by atoms with Gasteiger partial charge in [-0.1, -0.05) is 15.9 Å². The molecule has 0 atom stereocenters. The van der Waals surface area contributed by atoms with E-state index in [1.165, 1.54) is 6.21 Å². The number of fused-ring (bicyclic) bond motifs is 2. The number of hydrogen-bond acceptors (Lipinski definition) is 6. The normalized spacial score (nSPS) is 12.7. The zero-order valence-corrected chi connectivity index (χ0v) is 15.2. The van der Waals surface area contributed by atoms with E-state index in [0.717, 1.165) is 9.86 Å². The molecule has 3 aromatic rings. The Balaban J connectivity index is 1.51. The largest absolute Gasteiger partial charge is 0.496 e. The predicted molar refractivity (Wildman–Crippen MR) is 98.1 cm³/mol. The summed E-state index contributed by atoms with van der Waals surface area (Å²) in [7, 11) is 1.54. The molecule has 1 N–H and O–H groups in total. The number of nitrogens with zero attached hydrogens (tertiary/aromatic N) is 1. The van der Waals surface area contributed by atoms with Crippen molar-refractivity contribution in [3.63, 3.8) is 0 Å². The molecule has 1 amide bonds. The van der Waals surface area contributed by atoms with Gasteiger partial charge in [-0.2, -0.15) is 5.10 Å². The summed E-state index contributed by atoms with van der Waals surface area (Å²) in [6, 6.07) is 10.6. The van der Waals surface area contributed by atoms with Crippen LogP contribution < -0.4 is 19.6 Å². The molecule has 1 aliphatic rings. The van der Waals surface area contributed by atoms with E-state index in [-0.39, 0.29) is 12.6 Å². The number of furan rings is 1. The number of hydrazone groups is 1. The maximum absolute atomic E-state index is 12.2. The van der Waals surface area contributed by atoms with Crippen molar-refractivity contribution in [3.8, 4) is 17.2 Å². The Bertz CT molecular complexity index is 1030. The molecule has 0 bridgehead atoms. The van der Waals surface area contributed by atoms with Gasteiger partial charge in [-0.25, -0.2) is 5.43 Å². The van der Waals surface area contributed by atoms with Gasteiger partial charge in [0.05, 0.1) is 13.3 Å². The SMILES string of the molecule is COc1cc2c(cc1/C=N\NC(=O)c1cc3cc(Br)ccc3o1)OCO2. The van der Waals surface area contributed by atoms with Crippen molar-refractivity contribution in [2.45, 2.75) is 0 Å². The molecular weight excluding hydrogens is 404 g/mol. The summed E-state index contributed by atoms with van der Waals surface area (Å²) in [5.41, 5.74) is 3.71. The summed E-state index contributed by atoms with van der Waals surface area (Å²) in [6.45, 7) is 0.165. The minimum Gasteiger partial charge on any atom is -0.496 e. The predicted octanol–water partition coefficient (Wildman–Crippen LogP) is 3.70. The van der Waals surface area contributed by atoms with Crippen LogP contribution in [0.4, 0.5) is 0 Å². The Morgan fingerprint density at radius 1 is 1.23 bits per heavy atom. The van der Waals surface area contributed by atoms with Crippen molar-refractivity contribution in [2.75, 3.05) is 13.9 Å². The van der Waals surface area contributed by atoms with Crippen LogP contribution in [-0.2, 0) is 0 Å². The van der Waals surface area contributed by atoms with Crippen molar-refractivity contribution in [2.24, 2.45) is 5.10 Å². The van der Waals surface area contributed by atoms with Crippen LogP contribution in [0.1, 0.15) is 16.1 Å². The summed E-state index contributed by atoms with van der Waals surface area (Å²) in [5.74, 6) is 1.49. The van der Waals surface area contributed by atoms with Crippen molar-refractivity contribution in [3.05, 3.63) is 52.2 Å². The van der Waals surface area contributed by atoms with Crippen LogP contribution >= 0.6 is 15.9 Å². The first kappa shape index (κ1) is 16.5. The van der Waals surface area contributed by atoms with Gasteiger partial charge < -0.3 is 18.6 Å². The summed E-state index contributed by atoms with van der Waals surface area (Å²) >= 11 is 3.38. The monoisotopic (exact) mass is 416 g/mol. The van der Waals surface area contributed by atoms with Crippen LogP contribution in [0, 0.1) is 0 Å². The molecule has 0 saturated carbocycles. The first-order valence-corrected chi connectivity index (χ1v) is 8.43. The van der Waals surface area contributed by atoms with Crippen molar-refractivity contribution >= 4 is 39.0 Å². The molecular formula is C18H13BrN2O5. The lowest BCUT2D eigenvalue weighted by Gasteiger charge is -2.05. The Morgan fingerprint density at radius 2 is 2.04 bits per heavy atom. The molecule has 0 spiro atoms. The van der Waals surface area contributed by atoms with Gasteiger partial charge in [0.1, 0.15) is 11.3 Å². The van der Waals surface area contributed by atoms with Gasteiger partial charge >= 0.3 is 5.91 Å². The molecule has 0 unspecified atom stereocenters. The Labute approximate surface area is 156 Å². The number of ether oxygens (including phenoxy) is 3. The average molecular weight is 417 g/mol. The molecule has 0 fully saturated rings. The molecule has 2 aromatic carbocycles. The smallest absolute Gasteiger partial charge is 0.307 e. The van der Waals surface area contributed by atoms with Crippen LogP contribution in [0.5, 0.6) is 17.2 Å². The maximum Gasteiger partial charge on any atom is 0.307 e. The van der Waals surface area contributed by atoms with Crippen LogP contribution in [0.15, 0.2) is 50.4 Å². The summed E-state index contributed by atoms with van der Waals surface area (Å²) in [4.78, 5) is 12.2. The van der Waals surface area contributed by atoms with Crippen molar-refractivity contribution in [1.29, 1.82) is 0 Å². The fourth-order valence-corrected chi connectivity index (χ4v) is 2.94. The van der Waals surface area contributed by atoms with Gasteiger partial charge in [0.15, 0.2) is 17.3 Å². The number of methoxy groups -OCH3 is 1. The van der Waals surface area contributed by atoms with E-state index >= 15 is 0 Å². The van der Waals surface area contributed by atoms with E-state index in [1.54, 1.807) is 31.4 Å². The lowest BCUT2D eigenvalue weighted by Crippen LogP contribution is -2.16. The molecule has 26 heavy (non-hydrogen) atoms. The molecule has 1 aromatic heterocycles. The number of carbonyl (C=O) groups excluding carboxylic acids is 1. The van der Waals surface area contributed by atoms with Crippen LogP contribution in [0.25, 0.3) is 11.0 Å². The fourth-order valence-electron chi connectivity index (χ4n) is 2.56. The number of amides is 1. The second kappa shape index (κ2) is 6.72. The van der Waals surface area contributed by atoms with E-state index < -0.39 is 5.91 Å². The first-order chi connectivity index (χ1) is 12.6. The quantitative estimate of drug-likeness (QED) is 0.517. The third-order valence-electron chi connectivity index (χ3n) is 3.80. The van der Waals surface area contributed by atoms with Crippen LogP contribution in [0.2, 0.25) is 0 Å².